The van der Waals surface area contributed by atoms with Crippen LogP contribution < -0.4 is 16.0 Å². The number of halogens is 5. The second kappa shape index (κ2) is 9.51. The molecule has 13 heteroatoms. The first-order valence-corrected chi connectivity index (χ1v) is 13.1. The van der Waals surface area contributed by atoms with Crippen molar-refractivity contribution in [3.63, 3.8) is 0 Å². The van der Waals surface area contributed by atoms with Crippen LogP contribution >= 0.6 is 23.2 Å². The Bertz CT molecular complexity index is 1520. The van der Waals surface area contributed by atoms with Crippen molar-refractivity contribution in [1.29, 1.82) is 0 Å². The Kier molecular flexibility index (Phi) is 6.37. The lowest BCUT2D eigenvalue weighted by Crippen LogP contribution is -2.55. The number of fused-ring (bicyclic) bond motifs is 5. The molecule has 0 amide bonds. The first-order chi connectivity index (χ1) is 18.6. The molecule has 0 aliphatic carbocycles. The summed E-state index contributed by atoms with van der Waals surface area (Å²) in [5, 5.41) is 1.81. The van der Waals surface area contributed by atoms with Gasteiger partial charge in [0.15, 0.2) is 17.5 Å². The number of aryl methyl sites for hydroxylation is 1. The van der Waals surface area contributed by atoms with E-state index in [4.69, 9.17) is 38.7 Å². The number of nitrogens with one attached hydrogen (secondary N) is 1. The number of hydrogen-bond acceptors (Lipinski definition) is 8. The second-order valence-corrected chi connectivity index (χ2v) is 10.5. The van der Waals surface area contributed by atoms with Crippen molar-refractivity contribution in [2.24, 2.45) is 4.99 Å². The molecule has 39 heavy (non-hydrogen) atoms. The summed E-state index contributed by atoms with van der Waals surface area (Å²) >= 11 is 11.8. The lowest BCUT2D eigenvalue weighted by atomic mass is 10.0. The van der Waals surface area contributed by atoms with Gasteiger partial charge in [-0.3, -0.25) is 9.88 Å². The van der Waals surface area contributed by atoms with Crippen LogP contribution in [0.25, 0.3) is 11.3 Å². The number of anilines is 3. The Morgan fingerprint density at radius 2 is 1.92 bits per heavy atom. The number of piperazine rings is 1. The monoisotopic (exact) mass is 577 g/mol. The number of nitrogens with two attached hydrogens (primary N) is 1. The maximum atomic E-state index is 15.9. The number of aromatic nitrogens is 2. The summed E-state index contributed by atoms with van der Waals surface area (Å²) in [7, 11) is 0. The third kappa shape index (κ3) is 3.94. The van der Waals surface area contributed by atoms with Crippen LogP contribution in [-0.4, -0.2) is 52.7 Å². The van der Waals surface area contributed by atoms with Gasteiger partial charge >= 0.3 is 0 Å². The molecular weight excluding hydrogens is 554 g/mol. The van der Waals surface area contributed by atoms with E-state index in [9.17, 15) is 4.39 Å². The highest BCUT2D eigenvalue weighted by Gasteiger charge is 2.42. The summed E-state index contributed by atoms with van der Waals surface area (Å²) in [5.74, 6) is -2.64. The number of nitrogen functional groups attached to an aromatic ring is 1. The molecule has 3 aliphatic rings. The molecule has 2 aromatic heterocycles. The van der Waals surface area contributed by atoms with Crippen LogP contribution in [0.15, 0.2) is 23.3 Å². The Morgan fingerprint density at radius 3 is 2.67 bits per heavy atom. The molecule has 5 heterocycles. The standard InChI is InChI=1S/C26H24Cl2F3N7O/c1-10-4-5-34-21-12(3)39-26-36-24(37-7-6-33-9-11(37)2)13-8-14(29)22(35-25(13)38(26)23(10)21)15-18(30)16(27)19(31)17(28)20(15)32/h4-5,8,11-12,26,33H,6-7,9,32H2,1-3H3/t11-,12?,26?/m0/s1. The van der Waals surface area contributed by atoms with Crippen molar-refractivity contribution >= 4 is 46.2 Å². The van der Waals surface area contributed by atoms with Crippen LogP contribution in [0.3, 0.4) is 0 Å². The smallest absolute Gasteiger partial charge is 0.236 e. The Labute approximate surface area is 232 Å². The Morgan fingerprint density at radius 1 is 1.15 bits per heavy atom. The summed E-state index contributed by atoms with van der Waals surface area (Å²) in [4.78, 5) is 17.8. The number of aliphatic imine (C=N–C) groups is 1. The fraction of sp³-hybridized carbons (Fsp3) is 0.346. The van der Waals surface area contributed by atoms with Crippen LogP contribution in [0.5, 0.6) is 0 Å². The van der Waals surface area contributed by atoms with Crippen molar-refractivity contribution in [1.82, 2.24) is 20.2 Å². The fourth-order valence-corrected chi connectivity index (χ4v) is 5.77. The van der Waals surface area contributed by atoms with Gasteiger partial charge in [0.25, 0.3) is 0 Å². The lowest BCUT2D eigenvalue weighted by Gasteiger charge is -2.45. The first-order valence-electron chi connectivity index (χ1n) is 12.4. The molecule has 204 valence electrons. The van der Waals surface area contributed by atoms with Crippen LogP contribution in [0.4, 0.5) is 30.4 Å². The molecule has 1 fully saturated rings. The number of amidine groups is 1. The van der Waals surface area contributed by atoms with Crippen LogP contribution in [-0.2, 0) is 4.74 Å². The number of rotatable bonds is 1. The molecular formula is C26H24Cl2F3N7O. The van der Waals surface area contributed by atoms with Gasteiger partial charge in [-0.15, -0.1) is 0 Å². The molecule has 0 spiro atoms. The molecule has 3 N–H and O–H groups in total. The molecule has 1 saturated heterocycles. The van der Waals surface area contributed by atoms with Gasteiger partial charge in [0.05, 0.1) is 28.2 Å². The summed E-state index contributed by atoms with van der Waals surface area (Å²) in [6.07, 6.45) is 0.433. The summed E-state index contributed by atoms with van der Waals surface area (Å²) in [5.41, 5.74) is 7.07. The topological polar surface area (TPSA) is 91.9 Å². The van der Waals surface area contributed by atoms with Gasteiger partial charge in [0, 0.05) is 31.9 Å². The largest absolute Gasteiger partial charge is 0.397 e. The zero-order valence-electron chi connectivity index (χ0n) is 21.2. The maximum Gasteiger partial charge on any atom is 0.236 e. The van der Waals surface area contributed by atoms with Gasteiger partial charge in [-0.1, -0.05) is 23.2 Å². The van der Waals surface area contributed by atoms with Gasteiger partial charge in [-0.25, -0.2) is 23.1 Å². The highest BCUT2D eigenvalue weighted by molar-refractivity contribution is 6.37. The molecule has 1 aromatic carbocycles. The van der Waals surface area contributed by atoms with Crippen molar-refractivity contribution in [3.8, 4) is 11.3 Å². The molecule has 0 radical (unpaired) electrons. The Hall–Kier alpha value is -3.12. The average Bonchev–Trinajstić information content (AvgIpc) is 2.91. The van der Waals surface area contributed by atoms with E-state index in [-0.39, 0.29) is 11.9 Å². The van der Waals surface area contributed by atoms with Crippen molar-refractivity contribution < 1.29 is 17.9 Å². The van der Waals surface area contributed by atoms with Crippen molar-refractivity contribution in [2.75, 3.05) is 30.3 Å². The van der Waals surface area contributed by atoms with Gasteiger partial charge in [0.1, 0.15) is 33.5 Å². The van der Waals surface area contributed by atoms with E-state index in [0.717, 1.165) is 5.56 Å². The minimum atomic E-state index is -1.26. The SMILES string of the molecule is Cc1ccnc2c1N1c3nc(-c4c(N)c(Cl)c(F)c(Cl)c4F)c(F)cc3C(N3CCNC[C@@H]3C)=NC1OC2C. The van der Waals surface area contributed by atoms with E-state index < -0.39 is 56.9 Å². The van der Waals surface area contributed by atoms with Crippen LogP contribution in [0.2, 0.25) is 10.0 Å². The van der Waals surface area contributed by atoms with E-state index >= 15 is 8.78 Å². The number of ether oxygens (including phenoxy) is 1. The first kappa shape index (κ1) is 26.1. The van der Waals surface area contributed by atoms with E-state index in [2.05, 4.69) is 20.2 Å². The molecule has 3 atom stereocenters. The Balaban J connectivity index is 1.64. The quantitative estimate of drug-likeness (QED) is 0.229. The molecule has 0 bridgehead atoms. The summed E-state index contributed by atoms with van der Waals surface area (Å²) in [6, 6.07) is 3.11. The highest BCUT2D eigenvalue weighted by atomic mass is 35.5. The number of pyridine rings is 2. The van der Waals surface area contributed by atoms with E-state index in [1.807, 2.05) is 26.8 Å². The van der Waals surface area contributed by atoms with Gasteiger partial charge in [0.2, 0.25) is 6.35 Å². The number of hydrogen-bond donors (Lipinski definition) is 2. The lowest BCUT2D eigenvalue weighted by molar-refractivity contribution is -0.00844. The third-order valence-corrected chi connectivity index (χ3v) is 8.00. The fourth-order valence-electron chi connectivity index (χ4n) is 5.34. The van der Waals surface area contributed by atoms with Gasteiger partial charge in [-0.2, -0.15) is 0 Å². The molecule has 8 nitrogen and oxygen atoms in total. The van der Waals surface area contributed by atoms with Crippen molar-refractivity contribution in [2.45, 2.75) is 39.3 Å². The predicted octanol–water partition coefficient (Wildman–Crippen LogP) is 5.33. The maximum absolute atomic E-state index is 15.9. The zero-order chi connectivity index (χ0) is 27.7. The average molecular weight is 578 g/mol. The number of nitrogens with zero attached hydrogens (tertiary/aromatic N) is 5. The highest BCUT2D eigenvalue weighted by Crippen LogP contribution is 2.47. The van der Waals surface area contributed by atoms with Crippen LogP contribution in [0, 0.1) is 24.4 Å². The van der Waals surface area contributed by atoms with Gasteiger partial charge in [-0.05, 0) is 38.5 Å². The normalized spacial score (nSPS) is 22.3. The minimum absolute atomic E-state index is 0.0409. The summed E-state index contributed by atoms with van der Waals surface area (Å²) in [6.45, 7) is 7.85. The van der Waals surface area contributed by atoms with Crippen molar-refractivity contribution in [3.05, 3.63) is 62.6 Å². The van der Waals surface area contributed by atoms with E-state index in [1.165, 1.54) is 6.07 Å². The van der Waals surface area contributed by atoms with E-state index in [0.29, 0.717) is 42.4 Å². The van der Waals surface area contributed by atoms with E-state index in [1.54, 1.807) is 11.1 Å². The van der Waals surface area contributed by atoms with Crippen LogP contribution in [0.1, 0.15) is 36.8 Å². The molecule has 6 rings (SSSR count). The zero-order valence-corrected chi connectivity index (χ0v) is 22.7. The van der Waals surface area contributed by atoms with Gasteiger partial charge < -0.3 is 20.7 Å². The third-order valence-electron chi connectivity index (χ3n) is 7.30. The number of benzene rings is 1. The molecule has 2 unspecified atom stereocenters. The minimum Gasteiger partial charge on any atom is -0.397 e. The molecule has 3 aromatic rings. The second-order valence-electron chi connectivity index (χ2n) is 9.77. The molecule has 0 saturated carbocycles. The summed E-state index contributed by atoms with van der Waals surface area (Å²) < 4.78 is 51.8. The molecule has 3 aliphatic heterocycles. The predicted molar refractivity (Wildman–Crippen MR) is 144 cm³/mol.